The zero-order valence-corrected chi connectivity index (χ0v) is 14.0. The van der Waals surface area contributed by atoms with Crippen molar-refractivity contribution in [3.05, 3.63) is 47.3 Å². The molecule has 0 unspecified atom stereocenters. The third-order valence-electron chi connectivity index (χ3n) is 3.78. The van der Waals surface area contributed by atoms with Crippen molar-refractivity contribution in [3.63, 3.8) is 0 Å². The maximum Gasteiger partial charge on any atom is 0.257 e. The van der Waals surface area contributed by atoms with Crippen LogP contribution < -0.4 is 0 Å². The number of amides is 1. The Morgan fingerprint density at radius 1 is 1.09 bits per heavy atom. The summed E-state index contributed by atoms with van der Waals surface area (Å²) in [4.78, 5) is 14.8. The summed E-state index contributed by atoms with van der Waals surface area (Å²) in [5, 5.41) is 4.57. The van der Waals surface area contributed by atoms with Crippen LogP contribution in [0, 0.1) is 13.8 Å². The van der Waals surface area contributed by atoms with E-state index in [1.807, 2.05) is 53.8 Å². The molecule has 0 atom stereocenters. The second-order valence-electron chi connectivity index (χ2n) is 5.59. The summed E-state index contributed by atoms with van der Waals surface area (Å²) in [6.45, 7) is 9.67. The lowest BCUT2D eigenvalue weighted by atomic mass is 10.1. The van der Waals surface area contributed by atoms with Crippen LogP contribution in [0.4, 0.5) is 0 Å². The van der Waals surface area contributed by atoms with Crippen molar-refractivity contribution in [3.8, 4) is 5.69 Å². The van der Waals surface area contributed by atoms with Gasteiger partial charge >= 0.3 is 0 Å². The van der Waals surface area contributed by atoms with E-state index in [2.05, 4.69) is 18.9 Å². The molecule has 0 aliphatic rings. The van der Waals surface area contributed by atoms with Crippen molar-refractivity contribution in [1.29, 1.82) is 0 Å². The lowest BCUT2D eigenvalue weighted by Crippen LogP contribution is -2.33. The monoisotopic (exact) mass is 299 g/mol. The van der Waals surface area contributed by atoms with Crippen molar-refractivity contribution in [2.24, 2.45) is 0 Å². The lowest BCUT2D eigenvalue weighted by molar-refractivity contribution is 0.0754. The summed E-state index contributed by atoms with van der Waals surface area (Å²) >= 11 is 0. The van der Waals surface area contributed by atoms with Gasteiger partial charge in [0, 0.05) is 13.1 Å². The molecule has 0 saturated carbocycles. The summed E-state index contributed by atoms with van der Waals surface area (Å²) in [5.41, 5.74) is 3.43. The molecule has 0 N–H and O–H groups in total. The van der Waals surface area contributed by atoms with E-state index in [4.69, 9.17) is 0 Å². The fourth-order valence-electron chi connectivity index (χ4n) is 2.79. The average Bonchev–Trinajstić information content (AvgIpc) is 2.82. The number of rotatable bonds is 6. The zero-order chi connectivity index (χ0) is 16.1. The molecule has 0 bridgehead atoms. The van der Waals surface area contributed by atoms with E-state index in [9.17, 15) is 4.79 Å². The Kier molecular flexibility index (Phi) is 5.36. The normalized spacial score (nSPS) is 10.7. The van der Waals surface area contributed by atoms with E-state index >= 15 is 0 Å². The first-order valence-electron chi connectivity index (χ1n) is 8.01. The third kappa shape index (κ3) is 3.21. The fraction of sp³-hybridized carbons (Fsp3) is 0.444. The van der Waals surface area contributed by atoms with Crippen LogP contribution in [0.5, 0.6) is 0 Å². The Labute approximate surface area is 132 Å². The van der Waals surface area contributed by atoms with Crippen LogP contribution in [-0.4, -0.2) is 33.7 Å². The van der Waals surface area contributed by atoms with E-state index in [0.29, 0.717) is 0 Å². The number of carbonyl (C=O) groups excluding carboxylic acids is 1. The summed E-state index contributed by atoms with van der Waals surface area (Å²) < 4.78 is 1.86. The molecule has 1 amide bonds. The number of nitrogens with zero attached hydrogens (tertiary/aromatic N) is 3. The highest BCUT2D eigenvalue weighted by Crippen LogP contribution is 2.20. The van der Waals surface area contributed by atoms with Crippen molar-refractivity contribution in [2.45, 2.75) is 40.5 Å². The highest BCUT2D eigenvalue weighted by Gasteiger charge is 2.23. The molecule has 0 aliphatic carbocycles. The van der Waals surface area contributed by atoms with Crippen LogP contribution in [0.15, 0.2) is 30.3 Å². The van der Waals surface area contributed by atoms with Crippen LogP contribution in [0.25, 0.3) is 5.69 Å². The fourth-order valence-corrected chi connectivity index (χ4v) is 2.79. The molecule has 2 rings (SSSR count). The molecule has 118 valence electrons. The molecule has 1 heterocycles. The second kappa shape index (κ2) is 7.25. The van der Waals surface area contributed by atoms with Gasteiger partial charge in [-0.05, 0) is 38.8 Å². The molecule has 4 nitrogen and oxygen atoms in total. The topological polar surface area (TPSA) is 38.1 Å². The predicted octanol–water partition coefficient (Wildman–Crippen LogP) is 3.75. The van der Waals surface area contributed by atoms with Crippen LogP contribution in [-0.2, 0) is 0 Å². The first kappa shape index (κ1) is 16.3. The quantitative estimate of drug-likeness (QED) is 0.814. The van der Waals surface area contributed by atoms with Gasteiger partial charge in [-0.1, -0.05) is 32.0 Å². The molecule has 4 heteroatoms. The Morgan fingerprint density at radius 3 is 2.23 bits per heavy atom. The Balaban J connectivity index is 2.40. The van der Waals surface area contributed by atoms with Crippen molar-refractivity contribution in [1.82, 2.24) is 14.7 Å². The van der Waals surface area contributed by atoms with Crippen molar-refractivity contribution < 1.29 is 4.79 Å². The number of para-hydroxylation sites is 1. The molecule has 0 aliphatic heterocycles. The molecular formula is C18H25N3O. The number of aromatic nitrogens is 2. The highest BCUT2D eigenvalue weighted by atomic mass is 16.2. The number of benzene rings is 1. The van der Waals surface area contributed by atoms with Gasteiger partial charge < -0.3 is 4.90 Å². The molecule has 0 radical (unpaired) electrons. The zero-order valence-electron chi connectivity index (χ0n) is 14.0. The molecular weight excluding hydrogens is 274 g/mol. The minimum atomic E-state index is 0.0980. The molecule has 0 saturated heterocycles. The standard InChI is InChI=1S/C18H25N3O/c1-5-12-20(13-6-2)18(22)17-14(3)19-21(15(17)4)16-10-8-7-9-11-16/h7-11H,5-6,12-13H2,1-4H3. The van der Waals surface area contributed by atoms with Gasteiger partial charge in [0.05, 0.1) is 22.6 Å². The van der Waals surface area contributed by atoms with Gasteiger partial charge in [-0.25, -0.2) is 4.68 Å². The summed E-state index contributed by atoms with van der Waals surface area (Å²) in [6.07, 6.45) is 1.94. The minimum Gasteiger partial charge on any atom is -0.339 e. The predicted molar refractivity (Wildman–Crippen MR) is 89.5 cm³/mol. The van der Waals surface area contributed by atoms with E-state index in [-0.39, 0.29) is 5.91 Å². The Morgan fingerprint density at radius 2 is 1.68 bits per heavy atom. The maximum absolute atomic E-state index is 12.9. The SMILES string of the molecule is CCCN(CCC)C(=O)c1c(C)nn(-c2ccccc2)c1C. The smallest absolute Gasteiger partial charge is 0.257 e. The molecule has 1 aromatic heterocycles. The van der Waals surface area contributed by atoms with Crippen molar-refractivity contribution >= 4 is 5.91 Å². The molecule has 22 heavy (non-hydrogen) atoms. The van der Waals surface area contributed by atoms with Gasteiger partial charge in [0.1, 0.15) is 0 Å². The van der Waals surface area contributed by atoms with Crippen molar-refractivity contribution in [2.75, 3.05) is 13.1 Å². The molecule has 1 aromatic carbocycles. The number of hydrogen-bond acceptors (Lipinski definition) is 2. The van der Waals surface area contributed by atoms with Gasteiger partial charge in [0.25, 0.3) is 5.91 Å². The Hall–Kier alpha value is -2.10. The van der Waals surface area contributed by atoms with E-state index in [1.165, 1.54) is 0 Å². The van der Waals surface area contributed by atoms with Crippen LogP contribution >= 0.6 is 0 Å². The van der Waals surface area contributed by atoms with E-state index in [0.717, 1.165) is 48.6 Å². The summed E-state index contributed by atoms with van der Waals surface area (Å²) in [6, 6.07) is 9.94. The highest BCUT2D eigenvalue weighted by molar-refractivity contribution is 5.96. The van der Waals surface area contributed by atoms with Crippen LogP contribution in [0.3, 0.4) is 0 Å². The number of carbonyl (C=O) groups is 1. The molecule has 0 fully saturated rings. The van der Waals surface area contributed by atoms with Crippen LogP contribution in [0.1, 0.15) is 48.4 Å². The first-order chi connectivity index (χ1) is 10.6. The summed E-state index contributed by atoms with van der Waals surface area (Å²) in [5.74, 6) is 0.0980. The first-order valence-corrected chi connectivity index (χ1v) is 8.01. The lowest BCUT2D eigenvalue weighted by Gasteiger charge is -2.21. The minimum absolute atomic E-state index is 0.0980. The van der Waals surface area contributed by atoms with Gasteiger partial charge in [-0.15, -0.1) is 0 Å². The van der Waals surface area contributed by atoms with E-state index in [1.54, 1.807) is 0 Å². The van der Waals surface area contributed by atoms with E-state index < -0.39 is 0 Å². The molecule has 0 spiro atoms. The van der Waals surface area contributed by atoms with Gasteiger partial charge in [0.2, 0.25) is 0 Å². The average molecular weight is 299 g/mol. The molecule has 2 aromatic rings. The number of hydrogen-bond donors (Lipinski definition) is 0. The largest absolute Gasteiger partial charge is 0.339 e. The maximum atomic E-state index is 12.9. The van der Waals surface area contributed by atoms with Gasteiger partial charge in [0.15, 0.2) is 0 Å². The van der Waals surface area contributed by atoms with Gasteiger partial charge in [-0.3, -0.25) is 4.79 Å². The third-order valence-corrected chi connectivity index (χ3v) is 3.78. The summed E-state index contributed by atoms with van der Waals surface area (Å²) in [7, 11) is 0. The number of aryl methyl sites for hydroxylation is 1. The van der Waals surface area contributed by atoms with Gasteiger partial charge in [-0.2, -0.15) is 5.10 Å². The Bertz CT molecular complexity index is 625. The second-order valence-corrected chi connectivity index (χ2v) is 5.59. The van der Waals surface area contributed by atoms with Crippen LogP contribution in [0.2, 0.25) is 0 Å².